The van der Waals surface area contributed by atoms with Crippen molar-refractivity contribution in [2.45, 2.75) is 25.2 Å². The van der Waals surface area contributed by atoms with Gasteiger partial charge in [-0.15, -0.1) is 0 Å². The van der Waals surface area contributed by atoms with Gasteiger partial charge in [-0.1, -0.05) is 37.3 Å². The first-order valence-corrected chi connectivity index (χ1v) is 10.6. The minimum absolute atomic E-state index is 0.0397. The van der Waals surface area contributed by atoms with Crippen molar-refractivity contribution >= 4 is 39.2 Å². The molecule has 0 saturated heterocycles. The van der Waals surface area contributed by atoms with Crippen molar-refractivity contribution in [2.24, 2.45) is 0 Å². The molecule has 28 heavy (non-hydrogen) atoms. The maximum absolute atomic E-state index is 12.5. The van der Waals surface area contributed by atoms with Crippen LogP contribution >= 0.6 is 11.6 Å². The number of allylic oxidation sites excluding steroid dienone is 4. The Morgan fingerprint density at radius 3 is 2.61 bits per heavy atom. The van der Waals surface area contributed by atoms with Crippen LogP contribution in [0, 0.1) is 0 Å². The Balaban J connectivity index is 3.32. The SMILES string of the molecule is C=C(/C=C(\C=O)c1cc(S(=O)(=O)NC/C=C/Cl)ccc1NC)N/C(C)=C\CC. The number of anilines is 1. The van der Waals surface area contributed by atoms with E-state index >= 15 is 0 Å². The molecule has 0 aliphatic rings. The van der Waals surface area contributed by atoms with Crippen LogP contribution in [-0.4, -0.2) is 28.3 Å². The van der Waals surface area contributed by atoms with Gasteiger partial charge in [0.05, 0.1) is 4.90 Å². The van der Waals surface area contributed by atoms with Crippen molar-refractivity contribution in [3.8, 4) is 0 Å². The lowest BCUT2D eigenvalue weighted by Gasteiger charge is -2.13. The van der Waals surface area contributed by atoms with Crippen LogP contribution in [0.3, 0.4) is 0 Å². The molecule has 3 N–H and O–H groups in total. The van der Waals surface area contributed by atoms with E-state index in [0.717, 1.165) is 12.1 Å². The second-order valence-electron chi connectivity index (χ2n) is 5.83. The van der Waals surface area contributed by atoms with E-state index in [0.29, 0.717) is 28.8 Å². The van der Waals surface area contributed by atoms with Crippen LogP contribution in [0.5, 0.6) is 0 Å². The zero-order chi connectivity index (χ0) is 21.2. The van der Waals surface area contributed by atoms with Gasteiger partial charge in [-0.25, -0.2) is 13.1 Å². The summed E-state index contributed by atoms with van der Waals surface area (Å²) in [6, 6.07) is 4.52. The minimum Gasteiger partial charge on any atom is -0.388 e. The van der Waals surface area contributed by atoms with Gasteiger partial charge in [-0.2, -0.15) is 0 Å². The molecule has 0 unspecified atom stereocenters. The van der Waals surface area contributed by atoms with Crippen LogP contribution in [0.2, 0.25) is 0 Å². The lowest BCUT2D eigenvalue weighted by molar-refractivity contribution is -0.103. The van der Waals surface area contributed by atoms with Crippen LogP contribution in [0.25, 0.3) is 5.57 Å². The van der Waals surface area contributed by atoms with E-state index < -0.39 is 10.0 Å². The maximum atomic E-state index is 12.5. The van der Waals surface area contributed by atoms with Gasteiger partial charge in [0.2, 0.25) is 10.0 Å². The molecule has 0 heterocycles. The normalized spacial score (nSPS) is 12.9. The second-order valence-corrected chi connectivity index (χ2v) is 7.85. The minimum atomic E-state index is -3.75. The zero-order valence-electron chi connectivity index (χ0n) is 16.3. The molecule has 0 bridgehead atoms. The van der Waals surface area contributed by atoms with Gasteiger partial charge < -0.3 is 10.6 Å². The van der Waals surface area contributed by atoms with E-state index in [2.05, 4.69) is 21.9 Å². The van der Waals surface area contributed by atoms with E-state index in [1.165, 1.54) is 23.7 Å². The average molecular weight is 424 g/mol. The van der Waals surface area contributed by atoms with Gasteiger partial charge in [0.25, 0.3) is 0 Å². The molecule has 1 aromatic rings. The first-order valence-electron chi connectivity index (χ1n) is 8.65. The van der Waals surface area contributed by atoms with Crippen molar-refractivity contribution in [3.63, 3.8) is 0 Å². The largest absolute Gasteiger partial charge is 0.388 e. The predicted molar refractivity (Wildman–Crippen MR) is 117 cm³/mol. The van der Waals surface area contributed by atoms with Crippen LogP contribution < -0.4 is 15.4 Å². The highest BCUT2D eigenvalue weighted by Crippen LogP contribution is 2.26. The number of sulfonamides is 1. The fraction of sp³-hybridized carbons (Fsp3) is 0.250. The third-order valence-electron chi connectivity index (χ3n) is 3.69. The summed E-state index contributed by atoms with van der Waals surface area (Å²) in [5.41, 5.74) is 4.03. The molecule has 0 saturated carbocycles. The molecule has 0 aliphatic heterocycles. The van der Waals surface area contributed by atoms with Crippen molar-refractivity contribution < 1.29 is 13.2 Å². The third-order valence-corrected chi connectivity index (χ3v) is 5.29. The molecule has 1 aromatic carbocycles. The van der Waals surface area contributed by atoms with Gasteiger partial charge in [-0.05, 0) is 37.6 Å². The highest BCUT2D eigenvalue weighted by molar-refractivity contribution is 7.89. The predicted octanol–water partition coefficient (Wildman–Crippen LogP) is 3.76. The lowest BCUT2D eigenvalue weighted by Crippen LogP contribution is -2.23. The summed E-state index contributed by atoms with van der Waals surface area (Å²) >= 11 is 5.42. The lowest BCUT2D eigenvalue weighted by atomic mass is 10.0. The second kappa shape index (κ2) is 11.5. The monoisotopic (exact) mass is 423 g/mol. The standard InChI is InChI=1S/C20H26ClN3O3S/c1-5-7-15(2)24-16(3)12-17(14-25)19-13-18(8-9-20(19)22-4)28(26,27)23-11-6-10-21/h6-10,12-14,22-24H,3,5,11H2,1-2,4H3/b10-6+,15-7-,17-12+. The summed E-state index contributed by atoms with van der Waals surface area (Å²) in [5, 5.41) is 6.06. The first-order chi connectivity index (χ1) is 13.3. The summed E-state index contributed by atoms with van der Waals surface area (Å²) in [7, 11) is -2.06. The van der Waals surface area contributed by atoms with Crippen LogP contribution in [0.15, 0.2) is 64.8 Å². The van der Waals surface area contributed by atoms with Crippen LogP contribution in [0.1, 0.15) is 25.8 Å². The van der Waals surface area contributed by atoms with Gasteiger partial charge in [0.15, 0.2) is 6.29 Å². The number of halogens is 1. The van der Waals surface area contributed by atoms with Gasteiger partial charge in [0, 0.05) is 47.3 Å². The molecular formula is C20H26ClN3O3S. The number of benzene rings is 1. The molecule has 0 spiro atoms. The van der Waals surface area contributed by atoms with Crippen LogP contribution in [-0.2, 0) is 14.8 Å². The number of carbonyl (C=O) groups excluding carboxylic acids is 1. The number of hydrogen-bond acceptors (Lipinski definition) is 5. The molecule has 6 nitrogen and oxygen atoms in total. The van der Waals surface area contributed by atoms with Gasteiger partial charge in [0.1, 0.15) is 0 Å². The van der Waals surface area contributed by atoms with E-state index in [1.54, 1.807) is 19.2 Å². The Hall–Kier alpha value is -2.35. The summed E-state index contributed by atoms with van der Waals surface area (Å²) in [4.78, 5) is 11.8. The fourth-order valence-electron chi connectivity index (χ4n) is 2.44. The van der Waals surface area contributed by atoms with E-state index in [-0.39, 0.29) is 11.4 Å². The maximum Gasteiger partial charge on any atom is 0.240 e. The Kier molecular flexibility index (Phi) is 9.72. The Labute approximate surface area is 172 Å². The summed E-state index contributed by atoms with van der Waals surface area (Å²) in [5.74, 6) is 0. The Bertz CT molecular complexity index is 903. The smallest absolute Gasteiger partial charge is 0.240 e. The number of aldehydes is 1. The molecule has 0 aliphatic carbocycles. The summed E-state index contributed by atoms with van der Waals surface area (Å²) < 4.78 is 27.3. The molecule has 0 atom stereocenters. The molecular weight excluding hydrogens is 398 g/mol. The first kappa shape index (κ1) is 23.7. The van der Waals surface area contributed by atoms with E-state index in [4.69, 9.17) is 11.6 Å². The van der Waals surface area contributed by atoms with Crippen molar-refractivity contribution in [1.29, 1.82) is 0 Å². The molecule has 0 fully saturated rings. The number of carbonyl (C=O) groups is 1. The van der Waals surface area contributed by atoms with E-state index in [9.17, 15) is 13.2 Å². The number of hydrogen-bond donors (Lipinski definition) is 3. The molecule has 1 rings (SSSR count). The molecule has 152 valence electrons. The van der Waals surface area contributed by atoms with Crippen LogP contribution in [0.4, 0.5) is 5.69 Å². The van der Waals surface area contributed by atoms with Crippen molar-refractivity contribution in [2.75, 3.05) is 18.9 Å². The van der Waals surface area contributed by atoms with Crippen molar-refractivity contribution in [1.82, 2.24) is 10.0 Å². The summed E-state index contributed by atoms with van der Waals surface area (Å²) in [6.07, 6.45) is 6.58. The molecule has 8 heteroatoms. The molecule has 0 radical (unpaired) electrons. The molecule has 0 aromatic heterocycles. The third kappa shape index (κ3) is 6.99. The average Bonchev–Trinajstić information content (AvgIpc) is 2.65. The quantitative estimate of drug-likeness (QED) is 0.286. The van der Waals surface area contributed by atoms with Crippen molar-refractivity contribution in [3.05, 3.63) is 65.5 Å². The topological polar surface area (TPSA) is 87.3 Å². The highest BCUT2D eigenvalue weighted by Gasteiger charge is 2.17. The fourth-order valence-corrected chi connectivity index (χ4v) is 3.53. The summed E-state index contributed by atoms with van der Waals surface area (Å²) in [6.45, 7) is 7.89. The Morgan fingerprint density at radius 1 is 1.32 bits per heavy atom. The van der Waals surface area contributed by atoms with Gasteiger partial charge >= 0.3 is 0 Å². The number of nitrogens with one attached hydrogen (secondary N) is 3. The Morgan fingerprint density at radius 2 is 2.04 bits per heavy atom. The molecule has 0 amide bonds. The number of rotatable bonds is 11. The zero-order valence-corrected chi connectivity index (χ0v) is 17.8. The van der Waals surface area contributed by atoms with E-state index in [1.807, 2.05) is 19.9 Å². The highest BCUT2D eigenvalue weighted by atomic mass is 35.5. The van der Waals surface area contributed by atoms with Gasteiger partial charge in [-0.3, -0.25) is 4.79 Å².